The lowest BCUT2D eigenvalue weighted by molar-refractivity contribution is -0.139. The smallest absolute Gasteiger partial charge is 0.303 e. The number of nitrogens with zero attached hydrogens (tertiary/aromatic N) is 1. The highest BCUT2D eigenvalue weighted by Crippen LogP contribution is 2.23. The van der Waals surface area contributed by atoms with E-state index in [-0.39, 0.29) is 24.2 Å². The molecule has 1 aliphatic rings. The van der Waals surface area contributed by atoms with Gasteiger partial charge >= 0.3 is 5.97 Å². The standard InChI is InChI=1S/C14H26N2O3/c1-10(2)7-12(9-15)14(19)16-5-3-11(4-6-16)8-13(17)18/h10-12H,3-9,15H2,1-2H3,(H,17,18). The lowest BCUT2D eigenvalue weighted by atomic mass is 9.91. The van der Waals surface area contributed by atoms with Gasteiger partial charge in [-0.25, -0.2) is 0 Å². The van der Waals surface area contributed by atoms with Crippen molar-refractivity contribution in [3.8, 4) is 0 Å². The minimum atomic E-state index is -0.746. The summed E-state index contributed by atoms with van der Waals surface area (Å²) in [4.78, 5) is 24.8. The number of rotatable bonds is 6. The third-order valence-electron chi connectivity index (χ3n) is 3.78. The fourth-order valence-corrected chi connectivity index (χ4v) is 2.73. The Labute approximate surface area is 115 Å². The Morgan fingerprint density at radius 1 is 1.32 bits per heavy atom. The average molecular weight is 270 g/mol. The number of amides is 1. The summed E-state index contributed by atoms with van der Waals surface area (Å²) in [6, 6.07) is 0. The van der Waals surface area contributed by atoms with E-state index in [1.807, 2.05) is 4.90 Å². The van der Waals surface area contributed by atoms with E-state index < -0.39 is 5.97 Å². The predicted molar refractivity (Wildman–Crippen MR) is 73.6 cm³/mol. The van der Waals surface area contributed by atoms with Crippen molar-refractivity contribution in [2.24, 2.45) is 23.5 Å². The molecule has 0 saturated carbocycles. The van der Waals surface area contributed by atoms with Crippen molar-refractivity contribution in [3.63, 3.8) is 0 Å². The van der Waals surface area contributed by atoms with Crippen molar-refractivity contribution < 1.29 is 14.7 Å². The Balaban J connectivity index is 2.45. The fraction of sp³-hybridized carbons (Fsp3) is 0.857. The van der Waals surface area contributed by atoms with Crippen molar-refractivity contribution in [1.29, 1.82) is 0 Å². The molecular weight excluding hydrogens is 244 g/mol. The molecule has 3 N–H and O–H groups in total. The molecule has 0 spiro atoms. The van der Waals surface area contributed by atoms with E-state index in [2.05, 4.69) is 13.8 Å². The van der Waals surface area contributed by atoms with Gasteiger partial charge in [-0.1, -0.05) is 13.8 Å². The maximum absolute atomic E-state index is 12.3. The number of hydrogen-bond acceptors (Lipinski definition) is 3. The van der Waals surface area contributed by atoms with Gasteiger partial charge in [0.05, 0.1) is 5.92 Å². The summed E-state index contributed by atoms with van der Waals surface area (Å²) in [6.07, 6.45) is 2.62. The Bertz CT molecular complexity index is 310. The van der Waals surface area contributed by atoms with Gasteiger partial charge in [0.15, 0.2) is 0 Å². The summed E-state index contributed by atoms with van der Waals surface area (Å²) in [5, 5.41) is 8.77. The van der Waals surface area contributed by atoms with Gasteiger partial charge < -0.3 is 15.7 Å². The Morgan fingerprint density at radius 3 is 2.32 bits per heavy atom. The molecule has 0 aromatic carbocycles. The average Bonchev–Trinajstić information content (AvgIpc) is 2.35. The van der Waals surface area contributed by atoms with Crippen LogP contribution in [0.2, 0.25) is 0 Å². The lowest BCUT2D eigenvalue weighted by Crippen LogP contribution is -2.44. The van der Waals surface area contributed by atoms with Crippen LogP contribution in [0.4, 0.5) is 0 Å². The summed E-state index contributed by atoms with van der Waals surface area (Å²) >= 11 is 0. The number of carboxylic acids is 1. The maximum atomic E-state index is 12.3. The van der Waals surface area contributed by atoms with E-state index in [4.69, 9.17) is 10.8 Å². The Morgan fingerprint density at radius 2 is 1.89 bits per heavy atom. The zero-order chi connectivity index (χ0) is 14.4. The van der Waals surface area contributed by atoms with Crippen molar-refractivity contribution >= 4 is 11.9 Å². The summed E-state index contributed by atoms with van der Waals surface area (Å²) in [5.74, 6) is -0.0181. The molecule has 1 fully saturated rings. The largest absolute Gasteiger partial charge is 0.481 e. The predicted octanol–water partition coefficient (Wildman–Crippen LogP) is 1.32. The molecule has 5 nitrogen and oxygen atoms in total. The van der Waals surface area contributed by atoms with Crippen molar-refractivity contribution in [2.75, 3.05) is 19.6 Å². The highest BCUT2D eigenvalue weighted by molar-refractivity contribution is 5.79. The van der Waals surface area contributed by atoms with Crippen LogP contribution in [0.5, 0.6) is 0 Å². The van der Waals surface area contributed by atoms with Crippen molar-refractivity contribution in [3.05, 3.63) is 0 Å². The molecule has 1 saturated heterocycles. The minimum Gasteiger partial charge on any atom is -0.481 e. The molecule has 0 radical (unpaired) electrons. The van der Waals surface area contributed by atoms with Gasteiger partial charge in [-0.15, -0.1) is 0 Å². The zero-order valence-electron chi connectivity index (χ0n) is 12.0. The quantitative estimate of drug-likeness (QED) is 0.762. The number of nitrogens with two attached hydrogens (primary N) is 1. The van der Waals surface area contributed by atoms with Crippen molar-refractivity contribution in [2.45, 2.75) is 39.5 Å². The van der Waals surface area contributed by atoms with E-state index in [1.165, 1.54) is 0 Å². The second-order valence-corrected chi connectivity index (χ2v) is 5.93. The van der Waals surface area contributed by atoms with Gasteiger partial charge in [0, 0.05) is 26.1 Å². The van der Waals surface area contributed by atoms with Gasteiger partial charge in [0.1, 0.15) is 0 Å². The first-order valence-electron chi connectivity index (χ1n) is 7.14. The van der Waals surface area contributed by atoms with Gasteiger partial charge in [0.25, 0.3) is 0 Å². The Hall–Kier alpha value is -1.10. The van der Waals surface area contributed by atoms with E-state index in [0.29, 0.717) is 25.6 Å². The minimum absolute atomic E-state index is 0.0870. The van der Waals surface area contributed by atoms with Gasteiger partial charge in [-0.05, 0) is 31.1 Å². The molecule has 0 aliphatic carbocycles. The van der Waals surface area contributed by atoms with Gasteiger partial charge in [-0.2, -0.15) is 0 Å². The van der Waals surface area contributed by atoms with Crippen LogP contribution in [-0.2, 0) is 9.59 Å². The first-order valence-corrected chi connectivity index (χ1v) is 7.14. The second-order valence-electron chi connectivity index (χ2n) is 5.93. The van der Waals surface area contributed by atoms with Gasteiger partial charge in [0.2, 0.25) is 5.91 Å². The van der Waals surface area contributed by atoms with Crippen LogP contribution < -0.4 is 5.73 Å². The highest BCUT2D eigenvalue weighted by atomic mass is 16.4. The molecule has 1 rings (SSSR count). The molecule has 1 amide bonds. The maximum Gasteiger partial charge on any atom is 0.303 e. The Kier molecular flexibility index (Phi) is 6.28. The van der Waals surface area contributed by atoms with Crippen LogP contribution in [0.25, 0.3) is 0 Å². The number of carbonyl (C=O) groups is 2. The summed E-state index contributed by atoms with van der Waals surface area (Å²) in [6.45, 7) is 5.92. The second kappa shape index (κ2) is 7.48. The van der Waals surface area contributed by atoms with Crippen LogP contribution in [-0.4, -0.2) is 41.5 Å². The fourth-order valence-electron chi connectivity index (χ4n) is 2.73. The molecular formula is C14H26N2O3. The topological polar surface area (TPSA) is 83.6 Å². The first kappa shape index (κ1) is 16.0. The third-order valence-corrected chi connectivity index (χ3v) is 3.78. The number of carbonyl (C=O) groups excluding carboxylic acids is 1. The van der Waals surface area contributed by atoms with E-state index in [1.54, 1.807) is 0 Å². The monoisotopic (exact) mass is 270 g/mol. The first-order chi connectivity index (χ1) is 8.93. The molecule has 1 unspecified atom stereocenters. The molecule has 0 aromatic rings. The van der Waals surface area contributed by atoms with Crippen LogP contribution in [0.3, 0.4) is 0 Å². The number of carboxylic acid groups (broad SMARTS) is 1. The number of piperidine rings is 1. The van der Waals surface area contributed by atoms with E-state index in [0.717, 1.165) is 19.3 Å². The van der Waals surface area contributed by atoms with Crippen LogP contribution in [0.1, 0.15) is 39.5 Å². The highest BCUT2D eigenvalue weighted by Gasteiger charge is 2.28. The number of aliphatic carboxylic acids is 1. The van der Waals surface area contributed by atoms with E-state index in [9.17, 15) is 9.59 Å². The zero-order valence-corrected chi connectivity index (χ0v) is 12.0. The SMILES string of the molecule is CC(C)CC(CN)C(=O)N1CCC(CC(=O)O)CC1. The van der Waals surface area contributed by atoms with Crippen LogP contribution in [0.15, 0.2) is 0 Å². The molecule has 1 aliphatic heterocycles. The van der Waals surface area contributed by atoms with Crippen molar-refractivity contribution in [1.82, 2.24) is 4.90 Å². The molecule has 19 heavy (non-hydrogen) atoms. The molecule has 0 aromatic heterocycles. The summed E-state index contributed by atoms with van der Waals surface area (Å²) in [5.41, 5.74) is 5.70. The van der Waals surface area contributed by atoms with Crippen LogP contribution >= 0.6 is 0 Å². The summed E-state index contributed by atoms with van der Waals surface area (Å²) in [7, 11) is 0. The molecule has 110 valence electrons. The molecule has 1 heterocycles. The molecule has 1 atom stereocenters. The molecule has 5 heteroatoms. The van der Waals surface area contributed by atoms with Crippen LogP contribution in [0, 0.1) is 17.8 Å². The van der Waals surface area contributed by atoms with E-state index >= 15 is 0 Å². The molecule has 0 bridgehead atoms. The van der Waals surface area contributed by atoms with Gasteiger partial charge in [-0.3, -0.25) is 9.59 Å². The third kappa shape index (κ3) is 5.19. The number of likely N-dealkylation sites (tertiary alicyclic amines) is 1. The lowest BCUT2D eigenvalue weighted by Gasteiger charge is -2.34. The summed E-state index contributed by atoms with van der Waals surface area (Å²) < 4.78 is 0. The number of hydrogen-bond donors (Lipinski definition) is 2. The normalized spacial score (nSPS) is 18.6.